The van der Waals surface area contributed by atoms with Crippen molar-refractivity contribution >= 4 is 0 Å². The Bertz CT molecular complexity index is 732. The molecule has 106 valence electrons. The lowest BCUT2D eigenvalue weighted by molar-refractivity contribution is 1.03. The molecule has 0 unspecified atom stereocenters. The van der Waals surface area contributed by atoms with E-state index in [-0.39, 0.29) is 0 Å². The molecule has 0 amide bonds. The molecule has 21 heavy (non-hydrogen) atoms. The molecule has 0 heteroatoms. The molecule has 0 nitrogen and oxygen atoms in total. The van der Waals surface area contributed by atoms with Gasteiger partial charge < -0.3 is 0 Å². The van der Waals surface area contributed by atoms with E-state index in [2.05, 4.69) is 63.4 Å². The van der Waals surface area contributed by atoms with E-state index in [1.54, 1.807) is 0 Å². The highest BCUT2D eigenvalue weighted by molar-refractivity contribution is 5.78. The van der Waals surface area contributed by atoms with Crippen LogP contribution in [0.5, 0.6) is 0 Å². The van der Waals surface area contributed by atoms with Crippen LogP contribution in [0.2, 0.25) is 0 Å². The number of benzene rings is 2. The Morgan fingerprint density at radius 1 is 0.905 bits per heavy atom. The molecular weight excluding hydrogens is 252 g/mol. The van der Waals surface area contributed by atoms with Gasteiger partial charge in [-0.25, -0.2) is 0 Å². The van der Waals surface area contributed by atoms with Gasteiger partial charge >= 0.3 is 0 Å². The molecule has 0 fully saturated rings. The second kappa shape index (κ2) is 5.37. The molecule has 2 aromatic carbocycles. The Balaban J connectivity index is 2.15. The predicted molar refractivity (Wildman–Crippen MR) is 91.7 cm³/mol. The lowest BCUT2D eigenvalue weighted by atomic mass is 9.89. The highest BCUT2D eigenvalue weighted by Gasteiger charge is 2.22. The van der Waals surface area contributed by atoms with E-state index in [1.807, 2.05) is 0 Å². The fourth-order valence-corrected chi connectivity index (χ4v) is 3.34. The van der Waals surface area contributed by atoms with Gasteiger partial charge in [-0.15, -0.1) is 0 Å². The van der Waals surface area contributed by atoms with Crippen LogP contribution in [0.1, 0.15) is 36.1 Å². The highest BCUT2D eigenvalue weighted by Crippen LogP contribution is 2.40. The van der Waals surface area contributed by atoms with Crippen molar-refractivity contribution in [1.29, 1.82) is 0 Å². The zero-order valence-electron chi connectivity index (χ0n) is 13.0. The largest absolute Gasteiger partial charge is 0.0998 e. The summed E-state index contributed by atoms with van der Waals surface area (Å²) in [4.78, 5) is 0. The Morgan fingerprint density at radius 3 is 2.33 bits per heavy atom. The van der Waals surface area contributed by atoms with Gasteiger partial charge in [-0.2, -0.15) is 0 Å². The lowest BCUT2D eigenvalue weighted by Crippen LogP contribution is -2.01. The van der Waals surface area contributed by atoms with E-state index in [9.17, 15) is 0 Å². The molecule has 0 saturated heterocycles. The van der Waals surface area contributed by atoms with Crippen LogP contribution in [0, 0.1) is 0 Å². The molecule has 0 atom stereocenters. The summed E-state index contributed by atoms with van der Waals surface area (Å²) in [5, 5.41) is 0. The minimum atomic E-state index is 0.965. The Kier molecular flexibility index (Phi) is 3.55. The van der Waals surface area contributed by atoms with E-state index in [4.69, 9.17) is 0 Å². The number of rotatable bonds is 4. The molecule has 0 radical (unpaired) electrons. The number of hydrogen-bond donors (Lipinski definition) is 0. The van der Waals surface area contributed by atoms with Crippen molar-refractivity contribution in [2.45, 2.75) is 33.1 Å². The highest BCUT2D eigenvalue weighted by atomic mass is 14.3. The Hall–Kier alpha value is -2.08. The van der Waals surface area contributed by atoms with Crippen LogP contribution in [-0.2, 0) is 19.3 Å². The van der Waals surface area contributed by atoms with E-state index in [1.165, 1.54) is 44.5 Å². The summed E-state index contributed by atoms with van der Waals surface area (Å²) < 4.78 is 0. The van der Waals surface area contributed by atoms with Gasteiger partial charge in [-0.3, -0.25) is 0 Å². The minimum Gasteiger partial charge on any atom is -0.0998 e. The molecular formula is C21H22. The standard InChI is InChI=1S/C21H22/c1-14(2)11-17-9-10-19-18-8-6-5-7-16(18)13-21(19)20(17)12-15(3)4/h5-10H,1,3,11-13H2,2,4H3. The van der Waals surface area contributed by atoms with Gasteiger partial charge in [0.15, 0.2) is 0 Å². The van der Waals surface area contributed by atoms with Crippen molar-refractivity contribution in [3.8, 4) is 11.1 Å². The molecule has 0 N–H and O–H groups in total. The first-order valence-electron chi connectivity index (χ1n) is 7.57. The van der Waals surface area contributed by atoms with Crippen LogP contribution in [0.3, 0.4) is 0 Å². The summed E-state index contributed by atoms with van der Waals surface area (Å²) in [5.74, 6) is 0. The van der Waals surface area contributed by atoms with Crippen molar-refractivity contribution in [2.75, 3.05) is 0 Å². The van der Waals surface area contributed by atoms with Crippen molar-refractivity contribution < 1.29 is 0 Å². The molecule has 1 aliphatic carbocycles. The van der Waals surface area contributed by atoms with Crippen molar-refractivity contribution in [3.05, 3.63) is 83.0 Å². The first kappa shape index (κ1) is 13.9. The van der Waals surface area contributed by atoms with Gasteiger partial charge in [0.25, 0.3) is 0 Å². The summed E-state index contributed by atoms with van der Waals surface area (Å²) in [6.45, 7) is 12.4. The third kappa shape index (κ3) is 2.58. The third-order valence-corrected chi connectivity index (χ3v) is 4.17. The summed E-state index contributed by atoms with van der Waals surface area (Å²) in [6, 6.07) is 13.3. The Morgan fingerprint density at radius 2 is 1.62 bits per heavy atom. The maximum absolute atomic E-state index is 4.12. The molecule has 0 aromatic heterocycles. The average molecular weight is 274 g/mol. The molecule has 0 saturated carbocycles. The van der Waals surface area contributed by atoms with Gasteiger partial charge in [-0.05, 0) is 66.5 Å². The molecule has 3 rings (SSSR count). The predicted octanol–water partition coefficient (Wildman–Crippen LogP) is 5.50. The van der Waals surface area contributed by atoms with Crippen molar-refractivity contribution in [1.82, 2.24) is 0 Å². The molecule has 0 spiro atoms. The number of fused-ring (bicyclic) bond motifs is 3. The van der Waals surface area contributed by atoms with Crippen LogP contribution in [0.15, 0.2) is 60.7 Å². The average Bonchev–Trinajstić information content (AvgIpc) is 2.79. The first-order valence-corrected chi connectivity index (χ1v) is 7.57. The van der Waals surface area contributed by atoms with Crippen LogP contribution < -0.4 is 0 Å². The van der Waals surface area contributed by atoms with Gasteiger partial charge in [0.1, 0.15) is 0 Å². The van der Waals surface area contributed by atoms with Crippen molar-refractivity contribution in [3.63, 3.8) is 0 Å². The zero-order valence-corrected chi connectivity index (χ0v) is 13.0. The fourth-order valence-electron chi connectivity index (χ4n) is 3.34. The zero-order chi connectivity index (χ0) is 15.0. The topological polar surface area (TPSA) is 0 Å². The van der Waals surface area contributed by atoms with E-state index in [0.29, 0.717) is 0 Å². The van der Waals surface area contributed by atoms with E-state index < -0.39 is 0 Å². The fraction of sp³-hybridized carbons (Fsp3) is 0.238. The van der Waals surface area contributed by atoms with E-state index in [0.717, 1.165) is 19.3 Å². The summed E-state index contributed by atoms with van der Waals surface area (Å²) in [5.41, 5.74) is 11.1. The number of hydrogen-bond acceptors (Lipinski definition) is 0. The second-order valence-corrected chi connectivity index (χ2v) is 6.33. The molecule has 0 aliphatic heterocycles. The molecule has 0 heterocycles. The van der Waals surface area contributed by atoms with Gasteiger partial charge in [0.2, 0.25) is 0 Å². The maximum Gasteiger partial charge on any atom is -0.00105 e. The Labute approximate surface area is 127 Å². The molecule has 1 aliphatic rings. The summed E-state index contributed by atoms with van der Waals surface area (Å²) in [6.07, 6.45) is 2.99. The maximum atomic E-state index is 4.12. The first-order chi connectivity index (χ1) is 10.1. The van der Waals surface area contributed by atoms with Crippen LogP contribution in [0.25, 0.3) is 11.1 Å². The van der Waals surface area contributed by atoms with Gasteiger partial charge in [-0.1, -0.05) is 60.7 Å². The van der Waals surface area contributed by atoms with Gasteiger partial charge in [0.05, 0.1) is 0 Å². The van der Waals surface area contributed by atoms with Crippen LogP contribution >= 0.6 is 0 Å². The minimum absolute atomic E-state index is 0.965. The van der Waals surface area contributed by atoms with Crippen LogP contribution in [0.4, 0.5) is 0 Å². The van der Waals surface area contributed by atoms with Crippen LogP contribution in [-0.4, -0.2) is 0 Å². The SMILES string of the molecule is C=C(C)Cc1ccc2c(c1CC(=C)C)Cc1ccccc1-2. The third-order valence-electron chi connectivity index (χ3n) is 4.17. The van der Waals surface area contributed by atoms with Gasteiger partial charge in [0, 0.05) is 0 Å². The summed E-state index contributed by atoms with van der Waals surface area (Å²) in [7, 11) is 0. The normalized spacial score (nSPS) is 11.9. The smallest absolute Gasteiger partial charge is 0.00105 e. The molecule has 0 bridgehead atoms. The monoisotopic (exact) mass is 274 g/mol. The quantitative estimate of drug-likeness (QED) is 0.551. The molecule has 2 aromatic rings. The van der Waals surface area contributed by atoms with Crippen molar-refractivity contribution in [2.24, 2.45) is 0 Å². The second-order valence-electron chi connectivity index (χ2n) is 6.33. The number of allylic oxidation sites excluding steroid dienone is 2. The lowest BCUT2D eigenvalue weighted by Gasteiger charge is -2.15. The van der Waals surface area contributed by atoms with E-state index >= 15 is 0 Å². The summed E-state index contributed by atoms with van der Waals surface area (Å²) >= 11 is 0.